The molecule has 0 aliphatic carbocycles. The Hall–Kier alpha value is -2.90. The van der Waals surface area contributed by atoms with E-state index in [1.165, 1.54) is 0 Å². The number of nitrogens with zero attached hydrogens (tertiary/aromatic N) is 3. The first-order valence-electron chi connectivity index (χ1n) is 9.23. The molecular weight excluding hydrogens is 394 g/mol. The van der Waals surface area contributed by atoms with E-state index < -0.39 is 0 Å². The van der Waals surface area contributed by atoms with Gasteiger partial charge in [-0.15, -0.1) is 0 Å². The van der Waals surface area contributed by atoms with Crippen molar-refractivity contribution in [3.63, 3.8) is 0 Å². The normalized spacial score (nSPS) is 16.6. The number of carbonyl (C=O) groups excluding carboxylic acids is 1. The molecule has 0 N–H and O–H groups in total. The number of fused-ring (bicyclic) bond motifs is 1. The minimum Gasteiger partial charge on any atom is -0.496 e. The molecule has 1 saturated heterocycles. The molecular formula is C21H20ClN3O4. The third-order valence-electron chi connectivity index (χ3n) is 4.69. The van der Waals surface area contributed by atoms with Gasteiger partial charge in [-0.1, -0.05) is 23.7 Å². The van der Waals surface area contributed by atoms with Crippen molar-refractivity contribution in [2.45, 2.75) is 6.10 Å². The summed E-state index contributed by atoms with van der Waals surface area (Å²) < 4.78 is 16.9. The van der Waals surface area contributed by atoms with Crippen LogP contribution in [0.5, 0.6) is 11.5 Å². The van der Waals surface area contributed by atoms with Crippen LogP contribution in [-0.4, -0.2) is 60.3 Å². The van der Waals surface area contributed by atoms with E-state index in [1.54, 1.807) is 36.4 Å². The highest BCUT2D eigenvalue weighted by Crippen LogP contribution is 2.26. The van der Waals surface area contributed by atoms with Crippen LogP contribution < -0.4 is 9.47 Å². The molecule has 0 radical (unpaired) electrons. The van der Waals surface area contributed by atoms with Gasteiger partial charge in [-0.25, -0.2) is 9.97 Å². The van der Waals surface area contributed by atoms with E-state index in [0.717, 1.165) is 10.9 Å². The van der Waals surface area contributed by atoms with Crippen LogP contribution in [-0.2, 0) is 4.74 Å². The molecule has 29 heavy (non-hydrogen) atoms. The first-order valence-corrected chi connectivity index (χ1v) is 9.61. The molecule has 1 aromatic carbocycles. The van der Waals surface area contributed by atoms with Crippen LogP contribution in [0.15, 0.2) is 48.7 Å². The van der Waals surface area contributed by atoms with Crippen LogP contribution in [0.1, 0.15) is 10.5 Å². The van der Waals surface area contributed by atoms with Gasteiger partial charge >= 0.3 is 0 Å². The summed E-state index contributed by atoms with van der Waals surface area (Å²) in [6.45, 7) is 1.57. The van der Waals surface area contributed by atoms with E-state index in [1.807, 2.05) is 24.3 Å². The van der Waals surface area contributed by atoms with Crippen LogP contribution in [0.4, 0.5) is 0 Å². The summed E-state index contributed by atoms with van der Waals surface area (Å²) in [5, 5.41) is 1.16. The van der Waals surface area contributed by atoms with Gasteiger partial charge in [0.1, 0.15) is 24.2 Å². The van der Waals surface area contributed by atoms with Crippen molar-refractivity contribution < 1.29 is 19.0 Å². The second-order valence-electron chi connectivity index (χ2n) is 6.57. The summed E-state index contributed by atoms with van der Waals surface area (Å²) in [5.74, 6) is 0.947. The van der Waals surface area contributed by atoms with E-state index in [4.69, 9.17) is 25.8 Å². The monoisotopic (exact) mass is 413 g/mol. The molecule has 1 atom stereocenters. The van der Waals surface area contributed by atoms with Crippen molar-refractivity contribution in [3.05, 3.63) is 59.5 Å². The fourth-order valence-corrected chi connectivity index (χ4v) is 3.42. The number of para-hydroxylation sites is 1. The number of benzene rings is 1. The van der Waals surface area contributed by atoms with Gasteiger partial charge in [0, 0.05) is 24.2 Å². The summed E-state index contributed by atoms with van der Waals surface area (Å²) in [6.07, 6.45) is 1.32. The lowest BCUT2D eigenvalue weighted by molar-refractivity contribution is -0.0402. The topological polar surface area (TPSA) is 73.8 Å². The van der Waals surface area contributed by atoms with E-state index in [-0.39, 0.29) is 18.6 Å². The zero-order valence-corrected chi connectivity index (χ0v) is 16.6. The summed E-state index contributed by atoms with van der Waals surface area (Å²) >= 11 is 6.02. The molecule has 3 heterocycles. The van der Waals surface area contributed by atoms with Crippen molar-refractivity contribution in [2.24, 2.45) is 0 Å². The van der Waals surface area contributed by atoms with Crippen molar-refractivity contribution in [3.8, 4) is 11.5 Å². The van der Waals surface area contributed by atoms with E-state index in [9.17, 15) is 4.79 Å². The SMILES string of the molecule is COc1cc(C(=O)N2CCOC(COc3cccnc3Cl)C2)nc2ccccc12. The Morgan fingerprint density at radius 1 is 1.28 bits per heavy atom. The molecule has 1 fully saturated rings. The van der Waals surface area contributed by atoms with Crippen LogP contribution in [0.3, 0.4) is 0 Å². The Morgan fingerprint density at radius 2 is 2.14 bits per heavy atom. The molecule has 8 heteroatoms. The van der Waals surface area contributed by atoms with Gasteiger partial charge in [0.05, 0.1) is 25.8 Å². The number of hydrogen-bond acceptors (Lipinski definition) is 6. The van der Waals surface area contributed by atoms with E-state index >= 15 is 0 Å². The van der Waals surface area contributed by atoms with Crippen LogP contribution in [0.25, 0.3) is 10.9 Å². The van der Waals surface area contributed by atoms with Gasteiger partial charge < -0.3 is 19.1 Å². The Morgan fingerprint density at radius 3 is 2.97 bits per heavy atom. The lowest BCUT2D eigenvalue weighted by Gasteiger charge is -2.32. The summed E-state index contributed by atoms with van der Waals surface area (Å²) in [6, 6.07) is 12.7. The van der Waals surface area contributed by atoms with E-state index in [0.29, 0.717) is 42.0 Å². The quantitative estimate of drug-likeness (QED) is 0.598. The Kier molecular flexibility index (Phi) is 5.78. The number of aromatic nitrogens is 2. The van der Waals surface area contributed by atoms with Crippen LogP contribution in [0.2, 0.25) is 5.15 Å². The van der Waals surface area contributed by atoms with Gasteiger partial charge in [0.2, 0.25) is 0 Å². The van der Waals surface area contributed by atoms with E-state index in [2.05, 4.69) is 9.97 Å². The number of ether oxygens (including phenoxy) is 3. The number of methoxy groups -OCH3 is 1. The average Bonchev–Trinajstić information content (AvgIpc) is 2.77. The number of carbonyl (C=O) groups is 1. The fourth-order valence-electron chi connectivity index (χ4n) is 3.25. The van der Waals surface area contributed by atoms with Crippen LogP contribution in [0, 0.1) is 0 Å². The van der Waals surface area contributed by atoms with Crippen molar-refractivity contribution in [2.75, 3.05) is 33.4 Å². The molecule has 1 amide bonds. The van der Waals surface area contributed by atoms with Gasteiger partial charge in [0.15, 0.2) is 10.9 Å². The Labute approximate surface area is 173 Å². The van der Waals surface area contributed by atoms with Gasteiger partial charge in [-0.05, 0) is 24.3 Å². The third-order valence-corrected chi connectivity index (χ3v) is 4.98. The van der Waals surface area contributed by atoms with Gasteiger partial charge in [0.25, 0.3) is 5.91 Å². The third kappa shape index (κ3) is 4.26. The smallest absolute Gasteiger partial charge is 0.272 e. The lowest BCUT2D eigenvalue weighted by atomic mass is 10.1. The maximum atomic E-state index is 13.1. The average molecular weight is 414 g/mol. The molecule has 3 aromatic rings. The minimum atomic E-state index is -0.272. The first kappa shape index (κ1) is 19.4. The van der Waals surface area contributed by atoms with Crippen molar-refractivity contribution in [1.29, 1.82) is 0 Å². The molecule has 7 nitrogen and oxygen atoms in total. The van der Waals surface area contributed by atoms with Crippen molar-refractivity contribution >= 4 is 28.4 Å². The maximum Gasteiger partial charge on any atom is 0.272 e. The van der Waals surface area contributed by atoms with Gasteiger partial charge in [-0.2, -0.15) is 0 Å². The predicted octanol–water partition coefficient (Wildman–Crippen LogP) is 3.21. The highest BCUT2D eigenvalue weighted by Gasteiger charge is 2.27. The zero-order chi connectivity index (χ0) is 20.2. The number of pyridine rings is 2. The van der Waals surface area contributed by atoms with Crippen LogP contribution >= 0.6 is 11.6 Å². The summed E-state index contributed by atoms with van der Waals surface area (Å²) in [5.41, 5.74) is 1.06. The first-order chi connectivity index (χ1) is 14.2. The molecule has 1 aliphatic rings. The number of rotatable bonds is 5. The second-order valence-corrected chi connectivity index (χ2v) is 6.93. The fraction of sp³-hybridized carbons (Fsp3) is 0.286. The minimum absolute atomic E-state index is 0.165. The molecule has 1 aliphatic heterocycles. The number of hydrogen-bond donors (Lipinski definition) is 0. The Bertz CT molecular complexity index is 1030. The maximum absolute atomic E-state index is 13.1. The number of amides is 1. The molecule has 0 bridgehead atoms. The number of halogens is 1. The molecule has 1 unspecified atom stereocenters. The standard InChI is InChI=1S/C21H20ClN3O4/c1-27-19-11-17(24-16-6-3-2-5-15(16)19)21(26)25-9-10-28-14(12-25)13-29-18-7-4-8-23-20(18)22/h2-8,11,14H,9-10,12-13H2,1H3. The summed E-state index contributed by atoms with van der Waals surface area (Å²) in [4.78, 5) is 23.3. The molecule has 150 valence electrons. The molecule has 4 rings (SSSR count). The molecule has 2 aromatic heterocycles. The predicted molar refractivity (Wildman–Crippen MR) is 109 cm³/mol. The largest absolute Gasteiger partial charge is 0.496 e. The second kappa shape index (κ2) is 8.63. The lowest BCUT2D eigenvalue weighted by Crippen LogP contribution is -2.47. The molecule has 0 saturated carbocycles. The highest BCUT2D eigenvalue weighted by atomic mass is 35.5. The number of morpholine rings is 1. The summed E-state index contributed by atoms with van der Waals surface area (Å²) in [7, 11) is 1.59. The Balaban J connectivity index is 1.47. The molecule has 0 spiro atoms. The van der Waals surface area contributed by atoms with Crippen molar-refractivity contribution in [1.82, 2.24) is 14.9 Å². The zero-order valence-electron chi connectivity index (χ0n) is 15.9. The highest BCUT2D eigenvalue weighted by molar-refractivity contribution is 6.30. The van der Waals surface area contributed by atoms with Gasteiger partial charge in [-0.3, -0.25) is 4.79 Å².